The van der Waals surface area contributed by atoms with E-state index in [1.807, 2.05) is 0 Å². The van der Waals surface area contributed by atoms with E-state index in [2.05, 4.69) is 0 Å². The molecular formula is C14H19ClO4S. The quantitative estimate of drug-likeness (QED) is 0.725. The third kappa shape index (κ3) is 4.11. The molecule has 1 aliphatic rings. The second-order valence-electron chi connectivity index (χ2n) is 4.53. The molecule has 0 saturated carbocycles. The van der Waals surface area contributed by atoms with Crippen LogP contribution in [0.5, 0.6) is 11.5 Å². The predicted molar refractivity (Wildman–Crippen MR) is 79.4 cm³/mol. The Hall–Kier alpha value is -0.780. The summed E-state index contributed by atoms with van der Waals surface area (Å²) in [5, 5.41) is 0.476. The van der Waals surface area contributed by atoms with E-state index >= 15 is 0 Å². The lowest BCUT2D eigenvalue weighted by atomic mass is 10.3. The number of methoxy groups -OCH3 is 1. The third-order valence-corrected chi connectivity index (χ3v) is 4.93. The van der Waals surface area contributed by atoms with Gasteiger partial charge in [-0.15, -0.1) is 0 Å². The zero-order chi connectivity index (χ0) is 14.4. The second kappa shape index (κ2) is 7.86. The number of benzene rings is 1. The van der Waals surface area contributed by atoms with Crippen LogP contribution < -0.4 is 9.47 Å². The molecule has 1 heterocycles. The van der Waals surface area contributed by atoms with Crippen LogP contribution in [0.3, 0.4) is 0 Å². The van der Waals surface area contributed by atoms with Gasteiger partial charge in [-0.2, -0.15) is 0 Å². The minimum absolute atomic E-state index is 0.476. The van der Waals surface area contributed by atoms with Crippen LogP contribution in [0.2, 0.25) is 5.02 Å². The first-order chi connectivity index (χ1) is 9.72. The number of unbranched alkanes of at least 4 members (excludes halogenated alkanes) is 2. The fourth-order valence-electron chi connectivity index (χ4n) is 1.99. The highest BCUT2D eigenvalue weighted by molar-refractivity contribution is 7.85. The van der Waals surface area contributed by atoms with E-state index in [4.69, 9.17) is 25.8 Å². The molecule has 0 aromatic heterocycles. The number of rotatable bonds is 7. The van der Waals surface area contributed by atoms with Crippen LogP contribution in [0.4, 0.5) is 0 Å². The van der Waals surface area contributed by atoms with Crippen LogP contribution in [0, 0.1) is 0 Å². The minimum Gasteiger partial charge on any atom is -0.486 e. The molecule has 0 N–H and O–H groups in total. The van der Waals surface area contributed by atoms with E-state index in [9.17, 15) is 4.21 Å². The molecule has 0 amide bonds. The van der Waals surface area contributed by atoms with Gasteiger partial charge in [0.1, 0.15) is 13.2 Å². The summed E-state index contributed by atoms with van der Waals surface area (Å²) >= 11 is 6.17. The fourth-order valence-corrected chi connectivity index (χ4v) is 3.60. The Morgan fingerprint density at radius 2 is 1.90 bits per heavy atom. The highest BCUT2D eigenvalue weighted by Gasteiger charge is 2.18. The monoisotopic (exact) mass is 318 g/mol. The summed E-state index contributed by atoms with van der Waals surface area (Å²) in [4.78, 5) is 0.627. The number of fused-ring (bicyclic) bond motifs is 1. The van der Waals surface area contributed by atoms with Gasteiger partial charge in [0.25, 0.3) is 0 Å². The summed E-state index contributed by atoms with van der Waals surface area (Å²) in [5.74, 6) is 1.86. The molecule has 0 bridgehead atoms. The van der Waals surface area contributed by atoms with Crippen molar-refractivity contribution in [3.63, 3.8) is 0 Å². The number of ether oxygens (including phenoxy) is 3. The SMILES string of the molecule is COCCCCC[S@](=O)c1cc2c(cc1Cl)OCCO2. The van der Waals surface area contributed by atoms with Gasteiger partial charge in [-0.3, -0.25) is 4.21 Å². The molecule has 0 saturated heterocycles. The Kier molecular flexibility index (Phi) is 6.13. The van der Waals surface area contributed by atoms with Crippen LogP contribution in [-0.2, 0) is 15.5 Å². The first-order valence-corrected chi connectivity index (χ1v) is 8.38. The maximum Gasteiger partial charge on any atom is 0.162 e. The molecule has 2 rings (SSSR count). The molecule has 1 aromatic rings. The highest BCUT2D eigenvalue weighted by atomic mass is 35.5. The van der Waals surface area contributed by atoms with Gasteiger partial charge in [-0.05, 0) is 12.8 Å². The molecule has 0 unspecified atom stereocenters. The van der Waals surface area contributed by atoms with E-state index in [1.54, 1.807) is 19.2 Å². The molecule has 6 heteroatoms. The lowest BCUT2D eigenvalue weighted by Crippen LogP contribution is -2.15. The topological polar surface area (TPSA) is 44.8 Å². The summed E-state index contributed by atoms with van der Waals surface area (Å²) in [6.45, 7) is 1.78. The van der Waals surface area contributed by atoms with Crippen molar-refractivity contribution in [2.24, 2.45) is 0 Å². The zero-order valence-electron chi connectivity index (χ0n) is 11.5. The maximum atomic E-state index is 12.3. The van der Waals surface area contributed by atoms with Crippen molar-refractivity contribution in [2.45, 2.75) is 24.2 Å². The second-order valence-corrected chi connectivity index (χ2v) is 6.48. The van der Waals surface area contributed by atoms with Gasteiger partial charge in [0.15, 0.2) is 11.5 Å². The molecular weight excluding hydrogens is 300 g/mol. The largest absolute Gasteiger partial charge is 0.486 e. The van der Waals surface area contributed by atoms with Gasteiger partial charge in [0, 0.05) is 31.6 Å². The van der Waals surface area contributed by atoms with Gasteiger partial charge in [-0.1, -0.05) is 18.0 Å². The summed E-state index contributed by atoms with van der Waals surface area (Å²) < 4.78 is 28.2. The van der Waals surface area contributed by atoms with E-state index in [0.717, 1.165) is 25.9 Å². The summed E-state index contributed by atoms with van der Waals surface area (Å²) in [5.41, 5.74) is 0. The summed E-state index contributed by atoms with van der Waals surface area (Å²) in [6, 6.07) is 3.43. The molecule has 112 valence electrons. The van der Waals surface area contributed by atoms with Crippen molar-refractivity contribution in [2.75, 3.05) is 32.7 Å². The van der Waals surface area contributed by atoms with Crippen molar-refractivity contribution >= 4 is 22.4 Å². The lowest BCUT2D eigenvalue weighted by Gasteiger charge is -2.19. The van der Waals surface area contributed by atoms with E-state index in [1.165, 1.54) is 0 Å². The Morgan fingerprint density at radius 3 is 2.60 bits per heavy atom. The first kappa shape index (κ1) is 15.6. The molecule has 20 heavy (non-hydrogen) atoms. The van der Waals surface area contributed by atoms with Gasteiger partial charge in [-0.25, -0.2) is 0 Å². The molecule has 1 atom stereocenters. The number of hydrogen-bond acceptors (Lipinski definition) is 4. The predicted octanol–water partition coefficient (Wildman–Crippen LogP) is 3.04. The average Bonchev–Trinajstić information content (AvgIpc) is 2.46. The van der Waals surface area contributed by atoms with Crippen molar-refractivity contribution in [3.05, 3.63) is 17.2 Å². The molecule has 0 radical (unpaired) electrons. The van der Waals surface area contributed by atoms with Crippen molar-refractivity contribution < 1.29 is 18.4 Å². The number of halogens is 1. The van der Waals surface area contributed by atoms with Gasteiger partial charge in [0.2, 0.25) is 0 Å². The van der Waals surface area contributed by atoms with Crippen molar-refractivity contribution in [3.8, 4) is 11.5 Å². The van der Waals surface area contributed by atoms with Crippen molar-refractivity contribution in [1.82, 2.24) is 0 Å². The lowest BCUT2D eigenvalue weighted by molar-refractivity contribution is 0.171. The minimum atomic E-state index is -1.11. The molecule has 1 aliphatic heterocycles. The Bertz CT molecular complexity index is 478. The Balaban J connectivity index is 1.95. The third-order valence-electron chi connectivity index (χ3n) is 3.02. The Labute approximate surface area is 126 Å². The van der Waals surface area contributed by atoms with Crippen LogP contribution >= 0.6 is 11.6 Å². The van der Waals surface area contributed by atoms with Crippen molar-refractivity contribution in [1.29, 1.82) is 0 Å². The van der Waals surface area contributed by atoms with E-state index in [-0.39, 0.29) is 0 Å². The van der Waals surface area contributed by atoms with Gasteiger partial charge in [0.05, 0.1) is 20.7 Å². The van der Waals surface area contributed by atoms with Crippen LogP contribution in [0.15, 0.2) is 17.0 Å². The van der Waals surface area contributed by atoms with Crippen LogP contribution in [-0.4, -0.2) is 36.9 Å². The van der Waals surface area contributed by atoms with Crippen LogP contribution in [0.25, 0.3) is 0 Å². The first-order valence-electron chi connectivity index (χ1n) is 6.69. The fraction of sp³-hybridized carbons (Fsp3) is 0.571. The standard InChI is InChI=1S/C14H19ClO4S/c1-17-5-3-2-4-8-20(16)14-10-13-12(9-11(14)15)18-6-7-19-13/h9-10H,2-8H2,1H3/t20-/m0/s1. The smallest absolute Gasteiger partial charge is 0.162 e. The molecule has 4 nitrogen and oxygen atoms in total. The molecule has 1 aromatic carbocycles. The maximum absolute atomic E-state index is 12.3. The zero-order valence-corrected chi connectivity index (χ0v) is 13.1. The molecule has 0 spiro atoms. The van der Waals surface area contributed by atoms with Crippen LogP contribution in [0.1, 0.15) is 19.3 Å². The normalized spacial score (nSPS) is 15.1. The van der Waals surface area contributed by atoms with Gasteiger partial charge < -0.3 is 14.2 Å². The Morgan fingerprint density at radius 1 is 1.20 bits per heavy atom. The molecule has 0 aliphatic carbocycles. The molecule has 0 fully saturated rings. The van der Waals surface area contributed by atoms with E-state index < -0.39 is 10.8 Å². The summed E-state index contributed by atoms with van der Waals surface area (Å²) in [7, 11) is 0.581. The van der Waals surface area contributed by atoms with Gasteiger partial charge >= 0.3 is 0 Å². The summed E-state index contributed by atoms with van der Waals surface area (Å²) in [6.07, 6.45) is 2.88. The highest BCUT2D eigenvalue weighted by Crippen LogP contribution is 2.36. The van der Waals surface area contributed by atoms with E-state index in [0.29, 0.717) is 40.4 Å². The average molecular weight is 319 g/mol. The number of hydrogen-bond donors (Lipinski definition) is 0.